The summed E-state index contributed by atoms with van der Waals surface area (Å²) in [5.74, 6) is -0.303. The van der Waals surface area contributed by atoms with Crippen LogP contribution in [0.25, 0.3) is 0 Å². The molecule has 1 aromatic carbocycles. The van der Waals surface area contributed by atoms with Crippen LogP contribution in [0, 0.1) is 0 Å². The van der Waals surface area contributed by atoms with Crippen LogP contribution in [0.5, 0.6) is 0 Å². The number of hydrogen-bond acceptors (Lipinski definition) is 4. The lowest BCUT2D eigenvalue weighted by molar-refractivity contribution is 0.102. The van der Waals surface area contributed by atoms with E-state index in [1.54, 1.807) is 6.07 Å². The molecule has 0 aliphatic carbocycles. The van der Waals surface area contributed by atoms with Crippen molar-refractivity contribution in [2.24, 2.45) is 0 Å². The van der Waals surface area contributed by atoms with Crippen molar-refractivity contribution < 1.29 is 9.90 Å². The lowest BCUT2D eigenvalue weighted by Crippen LogP contribution is -2.12. The van der Waals surface area contributed by atoms with Crippen LogP contribution in [-0.2, 0) is 6.42 Å². The van der Waals surface area contributed by atoms with E-state index in [0.29, 0.717) is 12.1 Å². The maximum absolute atomic E-state index is 11.7. The van der Waals surface area contributed by atoms with Crippen molar-refractivity contribution in [2.45, 2.75) is 12.8 Å². The van der Waals surface area contributed by atoms with Gasteiger partial charge in [-0.1, -0.05) is 12.1 Å². The maximum atomic E-state index is 11.7. The van der Waals surface area contributed by atoms with Gasteiger partial charge in [0.05, 0.1) is 6.20 Å². The molecule has 0 aliphatic heterocycles. The second-order valence-corrected chi connectivity index (χ2v) is 3.84. The highest BCUT2D eigenvalue weighted by Gasteiger charge is 2.08. The number of rotatable bonds is 5. The normalized spacial score (nSPS) is 10.3. The fourth-order valence-electron chi connectivity index (χ4n) is 1.59. The summed E-state index contributed by atoms with van der Waals surface area (Å²) >= 11 is 0. The van der Waals surface area contributed by atoms with E-state index in [4.69, 9.17) is 5.11 Å². The third-order valence-electron chi connectivity index (χ3n) is 2.46. The molecule has 3 N–H and O–H groups in total. The van der Waals surface area contributed by atoms with Crippen LogP contribution in [0.3, 0.4) is 0 Å². The van der Waals surface area contributed by atoms with Gasteiger partial charge in [0.25, 0.3) is 5.91 Å². The van der Waals surface area contributed by atoms with Gasteiger partial charge in [0, 0.05) is 12.3 Å². The highest BCUT2D eigenvalue weighted by atomic mass is 16.2. The molecule has 18 heavy (non-hydrogen) atoms. The van der Waals surface area contributed by atoms with Crippen molar-refractivity contribution in [2.75, 3.05) is 11.9 Å². The number of hydrogen-bond donors (Lipinski definition) is 3. The molecule has 1 amide bonds. The highest BCUT2D eigenvalue weighted by molar-refractivity contribution is 6.02. The van der Waals surface area contributed by atoms with Crippen molar-refractivity contribution in [3.05, 3.63) is 41.7 Å². The smallest absolute Gasteiger partial charge is 0.277 e. The third-order valence-corrected chi connectivity index (χ3v) is 2.46. The second kappa shape index (κ2) is 5.92. The molecule has 0 fully saturated rings. The van der Waals surface area contributed by atoms with E-state index < -0.39 is 0 Å². The molecular weight excluding hydrogens is 232 g/mol. The summed E-state index contributed by atoms with van der Waals surface area (Å²) in [7, 11) is 0. The standard InChI is InChI=1S/C12H14N4O2/c17-6-2-4-9-3-1-5-10(7-9)14-12(18)11-8-13-16-15-11/h1,3,5,7-8,17H,2,4,6H2,(H,14,18)(H,13,15,16). The van der Waals surface area contributed by atoms with Crippen LogP contribution in [0.15, 0.2) is 30.5 Å². The maximum Gasteiger partial charge on any atom is 0.277 e. The zero-order valence-electron chi connectivity index (χ0n) is 9.76. The van der Waals surface area contributed by atoms with Crippen LogP contribution in [0.1, 0.15) is 22.5 Å². The molecule has 0 spiro atoms. The van der Waals surface area contributed by atoms with Gasteiger partial charge in [0.15, 0.2) is 5.69 Å². The first-order chi connectivity index (χ1) is 8.79. The summed E-state index contributed by atoms with van der Waals surface area (Å²) in [5, 5.41) is 21.2. The molecule has 0 unspecified atom stereocenters. The van der Waals surface area contributed by atoms with E-state index >= 15 is 0 Å². The minimum atomic E-state index is -0.303. The Morgan fingerprint density at radius 3 is 3.06 bits per heavy atom. The topological polar surface area (TPSA) is 90.9 Å². The van der Waals surface area contributed by atoms with Crippen molar-refractivity contribution in [3.8, 4) is 0 Å². The Morgan fingerprint density at radius 1 is 1.44 bits per heavy atom. The van der Waals surface area contributed by atoms with Gasteiger partial charge in [-0.25, -0.2) is 0 Å². The van der Waals surface area contributed by atoms with E-state index in [1.165, 1.54) is 6.20 Å². The number of amides is 1. The first-order valence-corrected chi connectivity index (χ1v) is 5.66. The number of aliphatic hydroxyl groups is 1. The number of carbonyl (C=O) groups excluding carboxylic acids is 1. The highest BCUT2D eigenvalue weighted by Crippen LogP contribution is 2.13. The molecule has 1 heterocycles. The number of anilines is 1. The van der Waals surface area contributed by atoms with Gasteiger partial charge in [-0.3, -0.25) is 4.79 Å². The fraction of sp³-hybridized carbons (Fsp3) is 0.250. The first kappa shape index (κ1) is 12.3. The Labute approximate surface area is 104 Å². The molecule has 0 saturated heterocycles. The predicted octanol–water partition coefficient (Wildman–Crippen LogP) is 0.982. The minimum Gasteiger partial charge on any atom is -0.396 e. The Kier molecular flexibility index (Phi) is 4.03. The van der Waals surface area contributed by atoms with Gasteiger partial charge in [-0.15, -0.1) is 0 Å². The molecule has 2 aromatic rings. The lowest BCUT2D eigenvalue weighted by Gasteiger charge is -2.05. The van der Waals surface area contributed by atoms with E-state index in [1.807, 2.05) is 18.2 Å². The van der Waals surface area contributed by atoms with Crippen molar-refractivity contribution in [1.29, 1.82) is 0 Å². The number of aryl methyl sites for hydroxylation is 1. The van der Waals surface area contributed by atoms with Gasteiger partial charge in [0.1, 0.15) is 0 Å². The van der Waals surface area contributed by atoms with Gasteiger partial charge >= 0.3 is 0 Å². The van der Waals surface area contributed by atoms with E-state index in [2.05, 4.69) is 20.7 Å². The summed E-state index contributed by atoms with van der Waals surface area (Å²) in [6.07, 6.45) is 2.86. The van der Waals surface area contributed by atoms with Gasteiger partial charge < -0.3 is 10.4 Å². The fourth-order valence-corrected chi connectivity index (χ4v) is 1.59. The summed E-state index contributed by atoms with van der Waals surface area (Å²) in [4.78, 5) is 11.7. The molecular formula is C12H14N4O2. The van der Waals surface area contributed by atoms with E-state index in [9.17, 15) is 4.79 Å². The molecule has 6 nitrogen and oxygen atoms in total. The molecule has 0 atom stereocenters. The van der Waals surface area contributed by atoms with Crippen LogP contribution >= 0.6 is 0 Å². The van der Waals surface area contributed by atoms with Crippen LogP contribution in [0.4, 0.5) is 5.69 Å². The van der Waals surface area contributed by atoms with Crippen LogP contribution < -0.4 is 5.32 Å². The number of aromatic amines is 1. The Morgan fingerprint density at radius 2 is 2.33 bits per heavy atom. The number of aromatic nitrogens is 3. The molecule has 0 saturated carbocycles. The Balaban J connectivity index is 2.03. The number of carbonyl (C=O) groups is 1. The average Bonchev–Trinajstić information content (AvgIpc) is 2.91. The molecule has 0 bridgehead atoms. The summed E-state index contributed by atoms with van der Waals surface area (Å²) in [6, 6.07) is 7.51. The Bertz CT molecular complexity index is 511. The number of nitrogens with zero attached hydrogens (tertiary/aromatic N) is 2. The van der Waals surface area contributed by atoms with Crippen molar-refractivity contribution in [3.63, 3.8) is 0 Å². The number of H-pyrrole nitrogens is 1. The summed E-state index contributed by atoms with van der Waals surface area (Å²) in [5.41, 5.74) is 2.02. The second-order valence-electron chi connectivity index (χ2n) is 3.84. The average molecular weight is 246 g/mol. The summed E-state index contributed by atoms with van der Waals surface area (Å²) < 4.78 is 0. The number of nitrogens with one attached hydrogen (secondary N) is 2. The predicted molar refractivity (Wildman–Crippen MR) is 66.2 cm³/mol. The molecule has 6 heteroatoms. The molecule has 94 valence electrons. The summed E-state index contributed by atoms with van der Waals surface area (Å²) in [6.45, 7) is 0.162. The molecule has 0 aliphatic rings. The number of aliphatic hydroxyl groups excluding tert-OH is 1. The zero-order valence-corrected chi connectivity index (χ0v) is 9.76. The SMILES string of the molecule is O=C(Nc1cccc(CCCO)c1)c1cn[nH]n1. The molecule has 1 aromatic heterocycles. The lowest BCUT2D eigenvalue weighted by atomic mass is 10.1. The minimum absolute atomic E-state index is 0.162. The quantitative estimate of drug-likeness (QED) is 0.733. The Hall–Kier alpha value is -2.21. The van der Waals surface area contributed by atoms with Gasteiger partial charge in [-0.05, 0) is 30.5 Å². The molecule has 0 radical (unpaired) electrons. The van der Waals surface area contributed by atoms with Crippen LogP contribution in [-0.4, -0.2) is 33.0 Å². The first-order valence-electron chi connectivity index (χ1n) is 5.66. The monoisotopic (exact) mass is 246 g/mol. The largest absolute Gasteiger partial charge is 0.396 e. The van der Waals surface area contributed by atoms with Gasteiger partial charge in [-0.2, -0.15) is 15.4 Å². The zero-order chi connectivity index (χ0) is 12.8. The van der Waals surface area contributed by atoms with E-state index in [0.717, 1.165) is 12.0 Å². The number of benzene rings is 1. The molecule has 2 rings (SSSR count). The van der Waals surface area contributed by atoms with Crippen molar-refractivity contribution >= 4 is 11.6 Å². The van der Waals surface area contributed by atoms with E-state index in [-0.39, 0.29) is 18.2 Å². The van der Waals surface area contributed by atoms with Crippen molar-refractivity contribution in [1.82, 2.24) is 15.4 Å². The van der Waals surface area contributed by atoms with Gasteiger partial charge in [0.2, 0.25) is 0 Å². The third kappa shape index (κ3) is 3.14. The van der Waals surface area contributed by atoms with Crippen LogP contribution in [0.2, 0.25) is 0 Å².